The van der Waals surface area contributed by atoms with E-state index < -0.39 is 0 Å². The molecule has 0 heterocycles. The molecule has 2 rings (SSSR count). The van der Waals surface area contributed by atoms with Crippen LogP contribution in [0.5, 0.6) is 0 Å². The molecule has 0 atom stereocenters. The van der Waals surface area contributed by atoms with Crippen molar-refractivity contribution in [1.29, 1.82) is 0 Å². The Kier molecular flexibility index (Phi) is 4.77. The van der Waals surface area contributed by atoms with E-state index in [2.05, 4.69) is 65.9 Å². The summed E-state index contributed by atoms with van der Waals surface area (Å²) in [4.78, 5) is 2.33. The maximum atomic E-state index is 6.21. The van der Waals surface area contributed by atoms with E-state index in [1.165, 1.54) is 14.0 Å². The van der Waals surface area contributed by atoms with E-state index in [1.807, 2.05) is 6.07 Å². The first kappa shape index (κ1) is 13.2. The van der Waals surface area contributed by atoms with Crippen LogP contribution in [0.2, 0.25) is 5.02 Å². The lowest BCUT2D eigenvalue weighted by atomic mass is 10.2. The van der Waals surface area contributed by atoms with Crippen molar-refractivity contribution in [3.05, 3.63) is 56.6 Å². The molecule has 0 fully saturated rings. The molecule has 0 saturated heterocycles. The largest absolute Gasteiger partial charge is 0.0885 e. The molecule has 0 aliphatic heterocycles. The molecule has 0 nitrogen and oxygen atoms in total. The van der Waals surface area contributed by atoms with Crippen LogP contribution in [0.4, 0.5) is 0 Å². The van der Waals surface area contributed by atoms with Crippen molar-refractivity contribution in [2.24, 2.45) is 0 Å². The van der Waals surface area contributed by atoms with Gasteiger partial charge in [0.1, 0.15) is 0 Å². The average molecular weight is 375 g/mol. The normalized spacial score (nSPS) is 10.5. The van der Waals surface area contributed by atoms with Gasteiger partial charge in [-0.25, -0.2) is 0 Å². The molecule has 0 N–H and O–H groups in total. The van der Waals surface area contributed by atoms with Crippen LogP contribution in [-0.4, -0.2) is 0 Å². The number of halogens is 2. The van der Waals surface area contributed by atoms with E-state index in [1.54, 1.807) is 11.8 Å². The molecule has 3 heteroatoms. The van der Waals surface area contributed by atoms with Crippen LogP contribution < -0.4 is 0 Å². The fourth-order valence-corrected chi connectivity index (χ4v) is 3.27. The highest BCUT2D eigenvalue weighted by molar-refractivity contribution is 14.1. The molecule has 0 aliphatic carbocycles. The summed E-state index contributed by atoms with van der Waals surface area (Å²) in [6, 6.07) is 14.8. The molecular weight excluding hydrogens is 363 g/mol. The van der Waals surface area contributed by atoms with Gasteiger partial charge in [0.05, 0.1) is 5.02 Å². The molecule has 0 aliphatic rings. The number of hydrogen-bond acceptors (Lipinski definition) is 1. The second-order valence-corrected chi connectivity index (χ2v) is 6.44. The standard InChI is InChI=1S/C14H12ClIS/c1-2-10-3-6-12(7-4-10)17-14-8-5-11(16)9-13(14)15/h3-9H,2H2,1H3. The van der Waals surface area contributed by atoms with E-state index in [9.17, 15) is 0 Å². The van der Waals surface area contributed by atoms with E-state index in [0.29, 0.717) is 0 Å². The second kappa shape index (κ2) is 6.12. The number of aryl methyl sites for hydroxylation is 1. The Balaban J connectivity index is 2.19. The SMILES string of the molecule is CCc1ccc(Sc2ccc(I)cc2Cl)cc1. The molecule has 0 unspecified atom stereocenters. The van der Waals surface area contributed by atoms with Crippen molar-refractivity contribution in [1.82, 2.24) is 0 Å². The zero-order valence-corrected chi connectivity index (χ0v) is 13.1. The quantitative estimate of drug-likeness (QED) is 0.625. The molecule has 17 heavy (non-hydrogen) atoms. The van der Waals surface area contributed by atoms with Gasteiger partial charge in [-0.15, -0.1) is 0 Å². The molecule has 0 aromatic heterocycles. The van der Waals surface area contributed by atoms with Gasteiger partial charge in [0.25, 0.3) is 0 Å². The minimum atomic E-state index is 0.821. The Bertz CT molecular complexity index is 508. The van der Waals surface area contributed by atoms with Crippen LogP contribution in [0.3, 0.4) is 0 Å². The predicted octanol–water partition coefficient (Wildman–Crippen LogP) is 5.66. The first-order chi connectivity index (χ1) is 8.19. The molecule has 88 valence electrons. The smallest absolute Gasteiger partial charge is 0.0555 e. The lowest BCUT2D eigenvalue weighted by Crippen LogP contribution is -1.80. The average Bonchev–Trinajstić information content (AvgIpc) is 2.34. The molecule has 0 radical (unpaired) electrons. The summed E-state index contributed by atoms with van der Waals surface area (Å²) in [6.45, 7) is 2.16. The summed E-state index contributed by atoms with van der Waals surface area (Å²) >= 11 is 10.2. The second-order valence-electron chi connectivity index (χ2n) is 3.67. The monoisotopic (exact) mass is 374 g/mol. The van der Waals surface area contributed by atoms with Gasteiger partial charge in [-0.3, -0.25) is 0 Å². The maximum Gasteiger partial charge on any atom is 0.0555 e. The van der Waals surface area contributed by atoms with Crippen molar-refractivity contribution in [3.8, 4) is 0 Å². The molecule has 0 amide bonds. The molecule has 0 bridgehead atoms. The van der Waals surface area contributed by atoms with Crippen LogP contribution >= 0.6 is 46.0 Å². The fraction of sp³-hybridized carbons (Fsp3) is 0.143. The van der Waals surface area contributed by atoms with Crippen LogP contribution in [-0.2, 0) is 6.42 Å². The van der Waals surface area contributed by atoms with Crippen LogP contribution in [0, 0.1) is 3.57 Å². The Hall–Kier alpha value is -0.190. The van der Waals surface area contributed by atoms with E-state index >= 15 is 0 Å². The summed E-state index contributed by atoms with van der Waals surface area (Å²) in [7, 11) is 0. The lowest BCUT2D eigenvalue weighted by Gasteiger charge is -2.05. The highest BCUT2D eigenvalue weighted by Gasteiger charge is 2.03. The van der Waals surface area contributed by atoms with Crippen molar-refractivity contribution in [2.45, 2.75) is 23.1 Å². The Morgan fingerprint density at radius 1 is 1.12 bits per heavy atom. The summed E-state index contributed by atoms with van der Waals surface area (Å²) in [6.07, 6.45) is 1.08. The minimum absolute atomic E-state index is 0.821. The number of benzene rings is 2. The molecule has 0 spiro atoms. The Morgan fingerprint density at radius 2 is 1.82 bits per heavy atom. The fourth-order valence-electron chi connectivity index (χ4n) is 1.48. The van der Waals surface area contributed by atoms with Crippen molar-refractivity contribution < 1.29 is 0 Å². The van der Waals surface area contributed by atoms with Gasteiger partial charge in [0, 0.05) is 13.4 Å². The summed E-state index contributed by atoms with van der Waals surface area (Å²) in [5.41, 5.74) is 1.36. The van der Waals surface area contributed by atoms with Gasteiger partial charge < -0.3 is 0 Å². The third-order valence-electron chi connectivity index (χ3n) is 2.45. The highest BCUT2D eigenvalue weighted by Crippen LogP contribution is 2.34. The minimum Gasteiger partial charge on any atom is -0.0885 e. The molecule has 0 saturated carbocycles. The van der Waals surface area contributed by atoms with Gasteiger partial charge in [-0.1, -0.05) is 42.4 Å². The number of rotatable bonds is 3. The van der Waals surface area contributed by atoms with E-state index in [4.69, 9.17) is 11.6 Å². The van der Waals surface area contributed by atoms with Crippen molar-refractivity contribution in [2.75, 3.05) is 0 Å². The summed E-state index contributed by atoms with van der Waals surface area (Å²) in [5, 5.41) is 0.821. The predicted molar refractivity (Wildman–Crippen MR) is 84.1 cm³/mol. The van der Waals surface area contributed by atoms with Crippen molar-refractivity contribution in [3.63, 3.8) is 0 Å². The Labute approximate surface area is 125 Å². The van der Waals surface area contributed by atoms with Gasteiger partial charge in [0.2, 0.25) is 0 Å². The molecule has 2 aromatic carbocycles. The van der Waals surface area contributed by atoms with Gasteiger partial charge in [0.15, 0.2) is 0 Å². The zero-order valence-electron chi connectivity index (χ0n) is 9.41. The lowest BCUT2D eigenvalue weighted by molar-refractivity contribution is 1.13. The maximum absolute atomic E-state index is 6.21. The Morgan fingerprint density at radius 3 is 2.41 bits per heavy atom. The van der Waals surface area contributed by atoms with E-state index in [-0.39, 0.29) is 0 Å². The summed E-state index contributed by atoms with van der Waals surface area (Å²) in [5.74, 6) is 0. The molecule has 2 aromatic rings. The van der Waals surface area contributed by atoms with Crippen LogP contribution in [0.25, 0.3) is 0 Å². The third kappa shape index (κ3) is 3.63. The first-order valence-electron chi connectivity index (χ1n) is 5.41. The first-order valence-corrected chi connectivity index (χ1v) is 7.68. The highest BCUT2D eigenvalue weighted by atomic mass is 127. The van der Waals surface area contributed by atoms with Crippen molar-refractivity contribution >= 4 is 46.0 Å². The topological polar surface area (TPSA) is 0 Å². The third-order valence-corrected chi connectivity index (χ3v) is 4.63. The summed E-state index contributed by atoms with van der Waals surface area (Å²) < 4.78 is 1.17. The number of hydrogen-bond donors (Lipinski definition) is 0. The van der Waals surface area contributed by atoms with Crippen LogP contribution in [0.15, 0.2) is 52.3 Å². The van der Waals surface area contributed by atoms with Gasteiger partial charge >= 0.3 is 0 Å². The van der Waals surface area contributed by atoms with Gasteiger partial charge in [-0.2, -0.15) is 0 Å². The molecular formula is C14H12ClIS. The van der Waals surface area contributed by atoms with Crippen LogP contribution in [0.1, 0.15) is 12.5 Å². The zero-order chi connectivity index (χ0) is 12.3. The van der Waals surface area contributed by atoms with Gasteiger partial charge in [-0.05, 0) is 64.9 Å². The van der Waals surface area contributed by atoms with E-state index in [0.717, 1.165) is 16.3 Å².